The van der Waals surface area contributed by atoms with Crippen molar-refractivity contribution in [2.75, 3.05) is 7.11 Å². The molecule has 0 fully saturated rings. The Labute approximate surface area is 127 Å². The van der Waals surface area contributed by atoms with Crippen molar-refractivity contribution in [3.63, 3.8) is 0 Å². The molecule has 0 aliphatic carbocycles. The minimum atomic E-state index is 0.739. The van der Waals surface area contributed by atoms with Crippen molar-refractivity contribution in [1.29, 1.82) is 0 Å². The maximum Gasteiger partial charge on any atom is 0.120 e. The molecule has 1 unspecified atom stereocenters. The number of unbranched alkanes of at least 4 members (excludes halogenated alkanes) is 1. The molecular weight excluding hydrogens is 263 g/mol. The molecule has 0 saturated heterocycles. The Hall–Kier alpha value is -0.955. The van der Waals surface area contributed by atoms with E-state index in [1.807, 2.05) is 11.3 Å². The molecule has 0 N–H and O–H groups in total. The van der Waals surface area contributed by atoms with Crippen LogP contribution in [0.2, 0.25) is 6.32 Å². The highest BCUT2D eigenvalue weighted by molar-refractivity contribution is 7.19. The van der Waals surface area contributed by atoms with Crippen LogP contribution in [-0.4, -0.2) is 15.0 Å². The van der Waals surface area contributed by atoms with Crippen molar-refractivity contribution in [3.05, 3.63) is 28.6 Å². The molecule has 0 spiro atoms. The van der Waals surface area contributed by atoms with Crippen LogP contribution in [0.3, 0.4) is 0 Å². The van der Waals surface area contributed by atoms with Gasteiger partial charge in [0, 0.05) is 9.58 Å². The Morgan fingerprint density at radius 1 is 1.30 bits per heavy atom. The fourth-order valence-corrected chi connectivity index (χ4v) is 4.36. The van der Waals surface area contributed by atoms with E-state index in [0.717, 1.165) is 11.7 Å². The summed E-state index contributed by atoms with van der Waals surface area (Å²) in [6, 6.07) is 6.47. The van der Waals surface area contributed by atoms with Gasteiger partial charge < -0.3 is 4.74 Å². The van der Waals surface area contributed by atoms with E-state index in [2.05, 4.69) is 39.9 Å². The van der Waals surface area contributed by atoms with E-state index in [0.29, 0.717) is 0 Å². The third-order valence-electron chi connectivity index (χ3n) is 4.10. The molecule has 0 aliphatic rings. The van der Waals surface area contributed by atoms with Gasteiger partial charge in [0.15, 0.2) is 0 Å². The van der Waals surface area contributed by atoms with E-state index >= 15 is 0 Å². The number of rotatable bonds is 7. The molecule has 1 atom stereocenters. The van der Waals surface area contributed by atoms with Crippen LogP contribution in [0.5, 0.6) is 5.75 Å². The molecular formula is C17H25BOS. The van der Waals surface area contributed by atoms with Gasteiger partial charge in [-0.1, -0.05) is 32.5 Å². The van der Waals surface area contributed by atoms with Crippen LogP contribution in [0.4, 0.5) is 0 Å². The number of thiophene rings is 1. The molecule has 0 saturated carbocycles. The molecule has 2 aromatic rings. The van der Waals surface area contributed by atoms with E-state index in [1.54, 1.807) is 12.0 Å². The number of benzene rings is 1. The van der Waals surface area contributed by atoms with Gasteiger partial charge in [0.1, 0.15) is 13.6 Å². The lowest BCUT2D eigenvalue weighted by atomic mass is 9.87. The number of fused-ring (bicyclic) bond motifs is 1. The van der Waals surface area contributed by atoms with Crippen molar-refractivity contribution < 1.29 is 4.74 Å². The van der Waals surface area contributed by atoms with Crippen LogP contribution < -0.4 is 4.74 Å². The molecule has 1 nitrogen and oxygen atoms in total. The summed E-state index contributed by atoms with van der Waals surface area (Å²) in [6.45, 7) is 4.57. The Balaban J connectivity index is 2.38. The van der Waals surface area contributed by atoms with Gasteiger partial charge in [-0.3, -0.25) is 0 Å². The quantitative estimate of drug-likeness (QED) is 0.656. The summed E-state index contributed by atoms with van der Waals surface area (Å²) in [7, 11) is 4.04. The average Bonchev–Trinajstić information content (AvgIpc) is 2.80. The number of aryl methyl sites for hydroxylation is 1. The first kappa shape index (κ1) is 15.4. The number of ether oxygens (including phenoxy) is 1. The summed E-state index contributed by atoms with van der Waals surface area (Å²) in [5.74, 6) is 1.70. The van der Waals surface area contributed by atoms with Crippen molar-refractivity contribution in [2.24, 2.45) is 0 Å². The fraction of sp³-hybridized carbons (Fsp3) is 0.529. The number of hydrogen-bond donors (Lipinski definition) is 0. The predicted octanol–water partition coefficient (Wildman–Crippen LogP) is 4.93. The van der Waals surface area contributed by atoms with Crippen LogP contribution in [0.25, 0.3) is 10.1 Å². The predicted molar refractivity (Wildman–Crippen MR) is 93.3 cm³/mol. The molecule has 0 bridgehead atoms. The van der Waals surface area contributed by atoms with Gasteiger partial charge in [-0.05, 0) is 48.4 Å². The molecule has 108 valence electrons. The van der Waals surface area contributed by atoms with E-state index in [-0.39, 0.29) is 0 Å². The fourth-order valence-electron chi connectivity index (χ4n) is 2.95. The van der Waals surface area contributed by atoms with Gasteiger partial charge in [-0.2, -0.15) is 0 Å². The monoisotopic (exact) mass is 288 g/mol. The highest BCUT2D eigenvalue weighted by atomic mass is 32.1. The summed E-state index contributed by atoms with van der Waals surface area (Å²) >= 11 is 1.97. The summed E-state index contributed by atoms with van der Waals surface area (Å²) in [5, 5.41) is 1.41. The molecule has 0 amide bonds. The lowest BCUT2D eigenvalue weighted by Gasteiger charge is -2.15. The molecule has 0 aliphatic heterocycles. The van der Waals surface area contributed by atoms with Crippen LogP contribution in [-0.2, 0) is 0 Å². The maximum absolute atomic E-state index is 5.35. The van der Waals surface area contributed by atoms with Crippen LogP contribution in [0, 0.1) is 6.92 Å². The summed E-state index contributed by atoms with van der Waals surface area (Å²) in [5.41, 5.74) is 1.49. The molecule has 1 heterocycles. The zero-order chi connectivity index (χ0) is 14.5. The Kier molecular flexibility index (Phi) is 5.53. The average molecular weight is 288 g/mol. The first-order valence-electron chi connectivity index (χ1n) is 7.78. The van der Waals surface area contributed by atoms with Gasteiger partial charge in [0.25, 0.3) is 0 Å². The first-order chi connectivity index (χ1) is 9.71. The van der Waals surface area contributed by atoms with E-state index in [1.165, 1.54) is 47.7 Å². The van der Waals surface area contributed by atoms with Crippen molar-refractivity contribution in [1.82, 2.24) is 0 Å². The number of methoxy groups -OCH3 is 1. The highest BCUT2D eigenvalue weighted by Gasteiger charge is 2.17. The topological polar surface area (TPSA) is 9.23 Å². The minimum Gasteiger partial charge on any atom is -0.497 e. The molecule has 20 heavy (non-hydrogen) atoms. The summed E-state index contributed by atoms with van der Waals surface area (Å²) in [6.07, 6.45) is 6.53. The minimum absolute atomic E-state index is 0.739. The Morgan fingerprint density at radius 3 is 2.75 bits per heavy atom. The Morgan fingerprint density at radius 2 is 2.10 bits per heavy atom. The van der Waals surface area contributed by atoms with Gasteiger partial charge in [-0.15, -0.1) is 11.3 Å². The zero-order valence-electron chi connectivity index (χ0n) is 13.2. The maximum atomic E-state index is 5.35. The van der Waals surface area contributed by atoms with Gasteiger partial charge in [-0.25, -0.2) is 0 Å². The molecule has 3 heteroatoms. The molecule has 1 aromatic carbocycles. The normalized spacial score (nSPS) is 12.8. The second-order valence-corrected chi connectivity index (χ2v) is 6.67. The smallest absolute Gasteiger partial charge is 0.120 e. The van der Waals surface area contributed by atoms with Crippen molar-refractivity contribution in [3.8, 4) is 5.75 Å². The lowest BCUT2D eigenvalue weighted by Crippen LogP contribution is -1.98. The second-order valence-electron chi connectivity index (χ2n) is 5.58. The van der Waals surface area contributed by atoms with Crippen LogP contribution in [0.1, 0.15) is 49.0 Å². The van der Waals surface area contributed by atoms with Crippen LogP contribution >= 0.6 is 11.3 Å². The molecule has 0 radical (unpaired) electrons. The Bertz CT molecular complexity index is 561. The van der Waals surface area contributed by atoms with E-state index < -0.39 is 0 Å². The SMILES string of the molecule is BCCC(CCCC)c1sc2cc(OC)ccc2c1C. The highest BCUT2D eigenvalue weighted by Crippen LogP contribution is 2.40. The summed E-state index contributed by atoms with van der Waals surface area (Å²) < 4.78 is 6.72. The van der Waals surface area contributed by atoms with E-state index in [9.17, 15) is 0 Å². The third kappa shape index (κ3) is 3.20. The standard InChI is InChI=1S/C17H25BOS/c1-4-5-6-13(9-10-18)17-12(2)15-8-7-14(19-3)11-16(15)20-17/h7-8,11,13H,4-6,9-10,18H2,1-3H3. The lowest BCUT2D eigenvalue weighted by molar-refractivity contribution is 0.415. The third-order valence-corrected chi connectivity index (χ3v) is 5.51. The first-order valence-corrected chi connectivity index (χ1v) is 8.59. The zero-order valence-corrected chi connectivity index (χ0v) is 14.0. The molecule has 2 rings (SSSR count). The van der Waals surface area contributed by atoms with Gasteiger partial charge in [0.05, 0.1) is 7.11 Å². The number of hydrogen-bond acceptors (Lipinski definition) is 2. The largest absolute Gasteiger partial charge is 0.497 e. The van der Waals surface area contributed by atoms with Gasteiger partial charge >= 0.3 is 0 Å². The molecule has 1 aromatic heterocycles. The van der Waals surface area contributed by atoms with Crippen molar-refractivity contribution in [2.45, 2.75) is 51.8 Å². The van der Waals surface area contributed by atoms with Crippen molar-refractivity contribution >= 4 is 29.3 Å². The summed E-state index contributed by atoms with van der Waals surface area (Å²) in [4.78, 5) is 1.60. The van der Waals surface area contributed by atoms with E-state index in [4.69, 9.17) is 4.74 Å². The second kappa shape index (κ2) is 7.17. The van der Waals surface area contributed by atoms with Gasteiger partial charge in [0.2, 0.25) is 0 Å². The van der Waals surface area contributed by atoms with Crippen LogP contribution in [0.15, 0.2) is 18.2 Å².